The summed E-state index contributed by atoms with van der Waals surface area (Å²) in [5.41, 5.74) is 0.0393. The number of aliphatic carboxylic acids is 1. The summed E-state index contributed by atoms with van der Waals surface area (Å²) in [6.07, 6.45) is 2.52. The quantitative estimate of drug-likeness (QED) is 0.890. The monoisotopic (exact) mass is 288 g/mol. The van der Waals surface area contributed by atoms with Crippen molar-refractivity contribution < 1.29 is 14.6 Å². The summed E-state index contributed by atoms with van der Waals surface area (Å²) < 4.78 is 6.59. The molecule has 1 N–H and O–H groups in total. The highest BCUT2D eigenvalue weighted by Gasteiger charge is 2.48. The van der Waals surface area contributed by atoms with Gasteiger partial charge in [-0.05, 0) is 47.4 Å². The zero-order valence-electron chi connectivity index (χ0n) is 11.7. The third-order valence-electron chi connectivity index (χ3n) is 4.04. The van der Waals surface area contributed by atoms with E-state index >= 15 is 0 Å². The fraction of sp³-hybridized carbons (Fsp3) is 0.429. The molecule has 1 saturated carbocycles. The van der Waals surface area contributed by atoms with E-state index in [2.05, 4.69) is 15.5 Å². The summed E-state index contributed by atoms with van der Waals surface area (Å²) in [5.74, 6) is 0.485. The van der Waals surface area contributed by atoms with Crippen molar-refractivity contribution in [2.45, 2.75) is 31.2 Å². The molecule has 0 saturated heterocycles. The number of rotatable bonds is 5. The second kappa shape index (κ2) is 5.16. The Bertz CT molecular complexity index is 646. The number of hydrogen-bond donors (Lipinski definition) is 1. The van der Waals surface area contributed by atoms with Gasteiger partial charge in [0.05, 0.1) is 7.11 Å². The first-order chi connectivity index (χ1) is 10.2. The van der Waals surface area contributed by atoms with E-state index in [1.807, 2.05) is 24.3 Å². The summed E-state index contributed by atoms with van der Waals surface area (Å²) in [6, 6.07) is 7.57. The molecule has 7 heteroatoms. The lowest BCUT2D eigenvalue weighted by Crippen LogP contribution is -2.49. The number of tetrazole rings is 1. The molecule has 2 aromatic rings. The van der Waals surface area contributed by atoms with Gasteiger partial charge < -0.3 is 9.84 Å². The minimum atomic E-state index is -0.967. The number of ether oxygens (including phenoxy) is 1. The van der Waals surface area contributed by atoms with Crippen molar-refractivity contribution in [3.8, 4) is 5.75 Å². The zero-order chi connectivity index (χ0) is 14.9. The van der Waals surface area contributed by atoms with Gasteiger partial charge in [0.2, 0.25) is 0 Å². The number of hydrogen-bond acceptors (Lipinski definition) is 5. The van der Waals surface area contributed by atoms with Crippen LogP contribution in [0.4, 0.5) is 0 Å². The van der Waals surface area contributed by atoms with Crippen LogP contribution in [0.3, 0.4) is 0 Å². The third kappa shape index (κ3) is 2.24. The average Bonchev–Trinajstić information content (AvgIpc) is 2.86. The highest BCUT2D eigenvalue weighted by Crippen LogP contribution is 2.39. The molecule has 21 heavy (non-hydrogen) atoms. The number of benzene rings is 1. The van der Waals surface area contributed by atoms with E-state index in [9.17, 15) is 9.90 Å². The molecule has 0 aliphatic heterocycles. The Morgan fingerprint density at radius 1 is 1.38 bits per heavy atom. The first-order valence-corrected chi connectivity index (χ1v) is 6.80. The van der Waals surface area contributed by atoms with E-state index in [1.165, 1.54) is 4.68 Å². The van der Waals surface area contributed by atoms with Gasteiger partial charge in [-0.2, -0.15) is 0 Å². The van der Waals surface area contributed by atoms with Gasteiger partial charge in [0.25, 0.3) is 0 Å². The van der Waals surface area contributed by atoms with Crippen molar-refractivity contribution in [1.82, 2.24) is 20.2 Å². The second-order valence-corrected chi connectivity index (χ2v) is 5.22. The van der Waals surface area contributed by atoms with Gasteiger partial charge in [-0.1, -0.05) is 12.1 Å². The van der Waals surface area contributed by atoms with E-state index in [4.69, 9.17) is 4.74 Å². The minimum absolute atomic E-state index is 0.492. The number of aromatic nitrogens is 4. The molecular weight excluding hydrogens is 272 g/mol. The third-order valence-corrected chi connectivity index (χ3v) is 4.04. The molecule has 110 valence electrons. The van der Waals surface area contributed by atoms with Crippen molar-refractivity contribution >= 4 is 5.97 Å². The summed E-state index contributed by atoms with van der Waals surface area (Å²) in [7, 11) is 1.61. The van der Waals surface area contributed by atoms with Crippen LogP contribution in [0.1, 0.15) is 30.7 Å². The van der Waals surface area contributed by atoms with Gasteiger partial charge in [-0.3, -0.25) is 0 Å². The Labute approximate surface area is 121 Å². The average molecular weight is 288 g/mol. The molecule has 1 aliphatic carbocycles. The maximum atomic E-state index is 11.6. The molecule has 0 radical (unpaired) electrons. The summed E-state index contributed by atoms with van der Waals surface area (Å²) in [6.45, 7) is 0. The lowest BCUT2D eigenvalue weighted by atomic mass is 9.77. The summed E-state index contributed by atoms with van der Waals surface area (Å²) in [4.78, 5) is 11.6. The van der Waals surface area contributed by atoms with Crippen molar-refractivity contribution in [1.29, 1.82) is 0 Å². The van der Waals surface area contributed by atoms with E-state index in [1.54, 1.807) is 7.11 Å². The van der Waals surface area contributed by atoms with Crippen LogP contribution < -0.4 is 4.74 Å². The number of methoxy groups -OCH3 is 1. The Balaban J connectivity index is 1.87. The number of carboxylic acids is 1. The fourth-order valence-corrected chi connectivity index (χ4v) is 2.60. The maximum Gasteiger partial charge on any atom is 0.331 e. The lowest BCUT2D eigenvalue weighted by Gasteiger charge is -2.37. The normalized spacial score (nSPS) is 16.2. The molecule has 1 fully saturated rings. The summed E-state index contributed by atoms with van der Waals surface area (Å²) >= 11 is 0. The molecule has 3 rings (SSSR count). The SMILES string of the molecule is COc1ccc(Cc2nnnn2C2(C(=O)O)CCC2)cc1. The standard InChI is InChI=1S/C14H16N4O3/c1-21-11-5-3-10(4-6-11)9-12-15-16-17-18(12)14(13(19)20)7-2-8-14/h3-6H,2,7-9H2,1H3,(H,19,20). The van der Waals surface area contributed by atoms with Crippen LogP contribution >= 0.6 is 0 Å². The van der Waals surface area contributed by atoms with E-state index < -0.39 is 11.5 Å². The Kier molecular flexibility index (Phi) is 3.32. The molecule has 0 unspecified atom stereocenters. The van der Waals surface area contributed by atoms with Crippen molar-refractivity contribution in [3.05, 3.63) is 35.7 Å². The largest absolute Gasteiger partial charge is 0.497 e. The Morgan fingerprint density at radius 2 is 2.10 bits per heavy atom. The van der Waals surface area contributed by atoms with Gasteiger partial charge >= 0.3 is 5.97 Å². The topological polar surface area (TPSA) is 90.1 Å². The van der Waals surface area contributed by atoms with E-state index in [-0.39, 0.29) is 0 Å². The molecule has 1 aliphatic rings. The number of carboxylic acid groups (broad SMARTS) is 1. The molecule has 0 spiro atoms. The highest BCUT2D eigenvalue weighted by atomic mass is 16.5. The Morgan fingerprint density at radius 3 is 2.62 bits per heavy atom. The smallest absolute Gasteiger partial charge is 0.331 e. The first kappa shape index (κ1) is 13.5. The van der Waals surface area contributed by atoms with Crippen LogP contribution in [-0.4, -0.2) is 38.4 Å². The minimum Gasteiger partial charge on any atom is -0.497 e. The molecule has 1 aromatic carbocycles. The van der Waals surface area contributed by atoms with Crippen LogP contribution in [0.2, 0.25) is 0 Å². The predicted molar refractivity (Wildman–Crippen MR) is 73.1 cm³/mol. The van der Waals surface area contributed by atoms with Gasteiger partial charge in [0.1, 0.15) is 5.75 Å². The number of carbonyl (C=O) groups is 1. The van der Waals surface area contributed by atoms with Crippen LogP contribution in [-0.2, 0) is 16.8 Å². The second-order valence-electron chi connectivity index (χ2n) is 5.22. The van der Waals surface area contributed by atoms with Crippen molar-refractivity contribution in [2.75, 3.05) is 7.11 Å². The lowest BCUT2D eigenvalue weighted by molar-refractivity contribution is -0.153. The first-order valence-electron chi connectivity index (χ1n) is 6.80. The van der Waals surface area contributed by atoms with Crippen molar-refractivity contribution in [3.63, 3.8) is 0 Å². The van der Waals surface area contributed by atoms with Gasteiger partial charge in [0.15, 0.2) is 11.4 Å². The predicted octanol–water partition coefficient (Wildman–Crippen LogP) is 1.24. The fourth-order valence-electron chi connectivity index (χ4n) is 2.60. The van der Waals surface area contributed by atoms with Crippen LogP contribution in [0.5, 0.6) is 5.75 Å². The van der Waals surface area contributed by atoms with Crippen molar-refractivity contribution in [2.24, 2.45) is 0 Å². The van der Waals surface area contributed by atoms with E-state index in [0.29, 0.717) is 25.1 Å². The Hall–Kier alpha value is -2.44. The van der Waals surface area contributed by atoms with Crippen LogP contribution in [0, 0.1) is 0 Å². The maximum absolute atomic E-state index is 11.6. The molecule has 7 nitrogen and oxygen atoms in total. The molecule has 1 aromatic heterocycles. The number of nitrogens with zero attached hydrogens (tertiary/aromatic N) is 4. The molecule has 0 amide bonds. The molecule has 0 atom stereocenters. The van der Waals surface area contributed by atoms with E-state index in [0.717, 1.165) is 17.7 Å². The van der Waals surface area contributed by atoms with Gasteiger partial charge in [0, 0.05) is 6.42 Å². The van der Waals surface area contributed by atoms with Crippen LogP contribution in [0.25, 0.3) is 0 Å². The molecule has 0 bridgehead atoms. The zero-order valence-corrected chi connectivity index (χ0v) is 11.7. The van der Waals surface area contributed by atoms with Crippen LogP contribution in [0.15, 0.2) is 24.3 Å². The van der Waals surface area contributed by atoms with Gasteiger partial charge in [-0.15, -0.1) is 5.10 Å². The highest BCUT2D eigenvalue weighted by molar-refractivity contribution is 5.77. The molecule has 1 heterocycles. The summed E-state index contributed by atoms with van der Waals surface area (Å²) in [5, 5.41) is 21.0. The van der Waals surface area contributed by atoms with Gasteiger partial charge in [-0.25, -0.2) is 9.48 Å². The molecular formula is C14H16N4O3.